The lowest BCUT2D eigenvalue weighted by Crippen LogP contribution is -2.32. The molecular weight excluding hydrogens is 404 g/mol. The Morgan fingerprint density at radius 2 is 2.11 bits per heavy atom. The fourth-order valence-corrected chi connectivity index (χ4v) is 4.53. The van der Waals surface area contributed by atoms with Gasteiger partial charge in [-0.15, -0.1) is 10.2 Å². The van der Waals surface area contributed by atoms with E-state index in [-0.39, 0.29) is 5.91 Å². The first kappa shape index (κ1) is 18.5. The summed E-state index contributed by atoms with van der Waals surface area (Å²) >= 11 is 8.89. The van der Waals surface area contributed by atoms with E-state index in [2.05, 4.69) is 15.4 Å². The molecule has 27 heavy (non-hydrogen) atoms. The second-order valence-corrected chi connectivity index (χ2v) is 8.79. The minimum Gasteiger partial charge on any atom is -0.360 e. The van der Waals surface area contributed by atoms with Crippen molar-refractivity contribution in [3.05, 3.63) is 41.1 Å². The van der Waals surface area contributed by atoms with Gasteiger partial charge >= 0.3 is 0 Å². The molecule has 140 valence electrons. The molecule has 0 aliphatic heterocycles. The molecule has 0 saturated heterocycles. The van der Waals surface area contributed by atoms with Crippen LogP contribution in [0.2, 0.25) is 5.02 Å². The largest absolute Gasteiger partial charge is 0.360 e. The number of carbonyl (C=O) groups is 1. The van der Waals surface area contributed by atoms with Crippen LogP contribution < -0.4 is 4.90 Å². The first-order valence-electron chi connectivity index (χ1n) is 8.64. The smallest absolute Gasteiger partial charge is 0.228 e. The molecule has 2 aromatic heterocycles. The lowest BCUT2D eigenvalue weighted by molar-refractivity contribution is -0.118. The highest BCUT2D eigenvalue weighted by Gasteiger charge is 2.35. The minimum atomic E-state index is 0.105. The van der Waals surface area contributed by atoms with Crippen molar-refractivity contribution >= 4 is 45.7 Å². The van der Waals surface area contributed by atoms with Gasteiger partial charge in [-0.25, -0.2) is 0 Å². The highest BCUT2D eigenvalue weighted by Crippen LogP contribution is 2.37. The minimum absolute atomic E-state index is 0.105. The molecule has 0 unspecified atom stereocenters. The van der Waals surface area contributed by atoms with Crippen molar-refractivity contribution in [2.45, 2.75) is 42.3 Å². The summed E-state index contributed by atoms with van der Waals surface area (Å²) in [6.45, 7) is 1.87. The van der Waals surface area contributed by atoms with Crippen LogP contribution in [0.3, 0.4) is 0 Å². The quantitative estimate of drug-likeness (QED) is 0.393. The summed E-state index contributed by atoms with van der Waals surface area (Å²) in [5.74, 6) is 1.46. The Morgan fingerprint density at radius 3 is 2.81 bits per heavy atom. The first-order chi connectivity index (χ1) is 13.1. The van der Waals surface area contributed by atoms with Crippen LogP contribution in [0.15, 0.2) is 39.2 Å². The van der Waals surface area contributed by atoms with Crippen LogP contribution in [0.5, 0.6) is 0 Å². The summed E-state index contributed by atoms with van der Waals surface area (Å²) in [5, 5.41) is 13.9. The summed E-state index contributed by atoms with van der Waals surface area (Å²) in [7, 11) is 0. The zero-order valence-corrected chi connectivity index (χ0v) is 17.0. The second-order valence-electron chi connectivity index (χ2n) is 6.17. The molecular formula is C18H17ClN4O2S2. The second kappa shape index (κ2) is 8.00. The van der Waals surface area contributed by atoms with Crippen molar-refractivity contribution in [1.82, 2.24) is 15.4 Å². The van der Waals surface area contributed by atoms with Crippen LogP contribution in [0, 0.1) is 0 Å². The van der Waals surface area contributed by atoms with Crippen LogP contribution in [0.25, 0.3) is 11.3 Å². The van der Waals surface area contributed by atoms with Crippen molar-refractivity contribution in [1.29, 1.82) is 0 Å². The third kappa shape index (κ3) is 4.34. The number of carbonyl (C=O) groups excluding carboxylic acids is 1. The Balaban J connectivity index is 1.40. The van der Waals surface area contributed by atoms with E-state index in [9.17, 15) is 4.79 Å². The van der Waals surface area contributed by atoms with E-state index in [1.807, 2.05) is 37.3 Å². The Bertz CT molecular complexity index is 937. The first-order valence-corrected chi connectivity index (χ1v) is 10.8. The molecule has 1 amide bonds. The molecule has 4 rings (SSSR count). The average molecular weight is 421 g/mol. The standard InChI is InChI=1S/C18H17ClN4O2S2/c1-2-16(24)23(13-7-8-13)17-20-21-18(27-17)26-10-14-9-15(22-25-14)11-3-5-12(19)6-4-11/h3-6,9,13H,2,7-8,10H2,1H3. The van der Waals surface area contributed by atoms with Crippen LogP contribution in [-0.4, -0.2) is 27.3 Å². The van der Waals surface area contributed by atoms with Crippen molar-refractivity contribution < 1.29 is 9.32 Å². The number of thioether (sulfide) groups is 1. The lowest BCUT2D eigenvalue weighted by Gasteiger charge is -2.17. The number of nitrogens with zero attached hydrogens (tertiary/aromatic N) is 4. The van der Waals surface area contributed by atoms with Gasteiger partial charge in [-0.05, 0) is 25.0 Å². The summed E-state index contributed by atoms with van der Waals surface area (Å²) in [6, 6.07) is 9.67. The highest BCUT2D eigenvalue weighted by molar-refractivity contribution is 8.00. The number of benzene rings is 1. The lowest BCUT2D eigenvalue weighted by atomic mass is 10.1. The Labute approximate surface area is 169 Å². The van der Waals surface area contributed by atoms with Crippen LogP contribution in [0.4, 0.5) is 5.13 Å². The van der Waals surface area contributed by atoms with E-state index in [1.54, 1.807) is 4.90 Å². The highest BCUT2D eigenvalue weighted by atomic mass is 35.5. The van der Waals surface area contributed by atoms with Gasteiger partial charge in [-0.1, -0.05) is 58.9 Å². The maximum absolute atomic E-state index is 12.2. The van der Waals surface area contributed by atoms with E-state index < -0.39 is 0 Å². The van der Waals surface area contributed by atoms with Crippen molar-refractivity contribution in [3.8, 4) is 11.3 Å². The van der Waals surface area contributed by atoms with Gasteiger partial charge in [0.2, 0.25) is 11.0 Å². The molecule has 6 nitrogen and oxygen atoms in total. The molecule has 3 aromatic rings. The summed E-state index contributed by atoms with van der Waals surface area (Å²) in [6.07, 6.45) is 2.56. The number of amides is 1. The summed E-state index contributed by atoms with van der Waals surface area (Å²) in [5.41, 5.74) is 1.73. The zero-order valence-electron chi connectivity index (χ0n) is 14.6. The van der Waals surface area contributed by atoms with Gasteiger partial charge in [0.25, 0.3) is 0 Å². The number of halogens is 1. The molecule has 1 aliphatic rings. The van der Waals surface area contributed by atoms with E-state index in [0.717, 1.165) is 34.2 Å². The molecule has 0 atom stereocenters. The van der Waals surface area contributed by atoms with Crippen molar-refractivity contribution in [2.24, 2.45) is 0 Å². The number of anilines is 1. The molecule has 0 spiro atoms. The molecule has 0 radical (unpaired) electrons. The fraction of sp³-hybridized carbons (Fsp3) is 0.333. The van der Waals surface area contributed by atoms with E-state index >= 15 is 0 Å². The molecule has 2 heterocycles. The fourth-order valence-electron chi connectivity index (χ4n) is 2.60. The van der Waals surface area contributed by atoms with Crippen LogP contribution in [0.1, 0.15) is 31.9 Å². The molecule has 1 aromatic carbocycles. The summed E-state index contributed by atoms with van der Waals surface area (Å²) in [4.78, 5) is 14.0. The Hall–Kier alpha value is -1.90. The molecule has 1 fully saturated rings. The normalized spacial score (nSPS) is 13.7. The number of hydrogen-bond donors (Lipinski definition) is 0. The van der Waals surface area contributed by atoms with Gasteiger partial charge in [-0.2, -0.15) is 0 Å². The molecule has 0 bridgehead atoms. The van der Waals surface area contributed by atoms with Gasteiger partial charge in [0, 0.05) is 29.1 Å². The predicted octanol–water partition coefficient (Wildman–Crippen LogP) is 5.04. The average Bonchev–Trinajstić information content (AvgIpc) is 3.20. The topological polar surface area (TPSA) is 72.1 Å². The Kier molecular flexibility index (Phi) is 5.47. The molecule has 1 aliphatic carbocycles. The molecule has 0 N–H and O–H groups in total. The monoisotopic (exact) mass is 420 g/mol. The van der Waals surface area contributed by atoms with Gasteiger partial charge < -0.3 is 4.52 Å². The maximum atomic E-state index is 12.2. The van der Waals surface area contributed by atoms with Crippen LogP contribution in [-0.2, 0) is 10.5 Å². The SMILES string of the molecule is CCC(=O)N(c1nnc(SCc2cc(-c3ccc(Cl)cc3)no2)s1)C1CC1. The van der Waals surface area contributed by atoms with Crippen molar-refractivity contribution in [2.75, 3.05) is 4.90 Å². The third-order valence-electron chi connectivity index (χ3n) is 4.12. The van der Waals surface area contributed by atoms with E-state index in [0.29, 0.717) is 28.4 Å². The van der Waals surface area contributed by atoms with Crippen molar-refractivity contribution in [3.63, 3.8) is 0 Å². The predicted molar refractivity (Wildman–Crippen MR) is 107 cm³/mol. The van der Waals surface area contributed by atoms with E-state index in [1.165, 1.54) is 23.1 Å². The summed E-state index contributed by atoms with van der Waals surface area (Å²) < 4.78 is 6.23. The Morgan fingerprint density at radius 1 is 1.33 bits per heavy atom. The molecule has 1 saturated carbocycles. The van der Waals surface area contributed by atoms with Gasteiger partial charge in [0.15, 0.2) is 4.34 Å². The maximum Gasteiger partial charge on any atom is 0.228 e. The zero-order chi connectivity index (χ0) is 18.8. The third-order valence-corrected chi connectivity index (χ3v) is 6.45. The van der Waals surface area contributed by atoms with Gasteiger partial charge in [0.1, 0.15) is 11.5 Å². The number of aromatic nitrogens is 3. The van der Waals surface area contributed by atoms with E-state index in [4.69, 9.17) is 16.1 Å². The number of rotatable bonds is 7. The van der Waals surface area contributed by atoms with Gasteiger partial charge in [0.05, 0.1) is 5.75 Å². The van der Waals surface area contributed by atoms with Gasteiger partial charge in [-0.3, -0.25) is 9.69 Å². The van der Waals surface area contributed by atoms with Crippen LogP contribution >= 0.6 is 34.7 Å². The number of hydrogen-bond acceptors (Lipinski definition) is 7. The molecule has 9 heteroatoms.